The number of hydrogen-bond donors (Lipinski definition) is 1. The van der Waals surface area contributed by atoms with Crippen LogP contribution < -0.4 is 19.7 Å². The smallest absolute Gasteiger partial charge is 0.227 e. The summed E-state index contributed by atoms with van der Waals surface area (Å²) in [6.07, 6.45) is 1.96. The van der Waals surface area contributed by atoms with Crippen molar-refractivity contribution in [2.24, 2.45) is 5.92 Å². The van der Waals surface area contributed by atoms with Gasteiger partial charge in [0.15, 0.2) is 0 Å². The molecule has 1 heterocycles. The first-order valence-electron chi connectivity index (χ1n) is 9.46. The zero-order chi connectivity index (χ0) is 19.9. The van der Waals surface area contributed by atoms with Crippen molar-refractivity contribution in [2.45, 2.75) is 19.3 Å². The molecule has 1 aliphatic heterocycles. The van der Waals surface area contributed by atoms with E-state index in [4.69, 9.17) is 9.47 Å². The van der Waals surface area contributed by atoms with Crippen LogP contribution in [0.3, 0.4) is 0 Å². The molecule has 2 aromatic carbocycles. The van der Waals surface area contributed by atoms with E-state index < -0.39 is 0 Å². The third-order valence-corrected chi connectivity index (χ3v) is 4.96. The fourth-order valence-corrected chi connectivity index (χ4v) is 3.35. The minimum absolute atomic E-state index is 0.0355. The first-order chi connectivity index (χ1) is 13.6. The molecule has 1 atom stereocenters. The first-order valence-corrected chi connectivity index (χ1v) is 9.46. The number of hydrogen-bond acceptors (Lipinski definition) is 4. The molecule has 3 rings (SSSR count). The zero-order valence-corrected chi connectivity index (χ0v) is 16.3. The summed E-state index contributed by atoms with van der Waals surface area (Å²) in [5, 5.41) is 2.97. The summed E-state index contributed by atoms with van der Waals surface area (Å²) in [4.78, 5) is 26.5. The summed E-state index contributed by atoms with van der Waals surface area (Å²) in [6.45, 7) is 0.991. The van der Waals surface area contributed by atoms with Gasteiger partial charge in [-0.05, 0) is 42.7 Å². The Balaban J connectivity index is 1.46. The number of aryl methyl sites for hydroxylation is 1. The van der Waals surface area contributed by atoms with E-state index in [-0.39, 0.29) is 24.2 Å². The summed E-state index contributed by atoms with van der Waals surface area (Å²) in [6, 6.07) is 15.3. The van der Waals surface area contributed by atoms with Crippen molar-refractivity contribution in [2.75, 3.05) is 32.2 Å². The van der Waals surface area contributed by atoms with Crippen molar-refractivity contribution >= 4 is 17.5 Å². The van der Waals surface area contributed by atoms with Gasteiger partial charge in [-0.1, -0.05) is 18.2 Å². The van der Waals surface area contributed by atoms with Crippen molar-refractivity contribution < 1.29 is 19.1 Å². The molecular formula is C22H26N2O4. The van der Waals surface area contributed by atoms with E-state index in [0.717, 1.165) is 24.3 Å². The molecule has 1 unspecified atom stereocenters. The predicted molar refractivity (Wildman–Crippen MR) is 108 cm³/mol. The first kappa shape index (κ1) is 19.7. The molecule has 6 nitrogen and oxygen atoms in total. The van der Waals surface area contributed by atoms with Gasteiger partial charge < -0.3 is 19.7 Å². The van der Waals surface area contributed by atoms with Gasteiger partial charge in [-0.25, -0.2) is 0 Å². The molecule has 1 fully saturated rings. The zero-order valence-electron chi connectivity index (χ0n) is 16.3. The maximum Gasteiger partial charge on any atom is 0.227 e. The average molecular weight is 382 g/mol. The Morgan fingerprint density at radius 2 is 1.86 bits per heavy atom. The summed E-state index contributed by atoms with van der Waals surface area (Å²) in [7, 11) is 3.24. The largest absolute Gasteiger partial charge is 0.497 e. The summed E-state index contributed by atoms with van der Waals surface area (Å²) >= 11 is 0. The lowest BCUT2D eigenvalue weighted by atomic mass is 10.1. The second-order valence-corrected chi connectivity index (χ2v) is 6.85. The summed E-state index contributed by atoms with van der Waals surface area (Å²) < 4.78 is 10.4. The van der Waals surface area contributed by atoms with Crippen LogP contribution in [0, 0.1) is 5.92 Å². The van der Waals surface area contributed by atoms with Crippen molar-refractivity contribution in [1.29, 1.82) is 0 Å². The highest BCUT2D eigenvalue weighted by molar-refractivity contribution is 6.00. The molecular weight excluding hydrogens is 356 g/mol. The van der Waals surface area contributed by atoms with Gasteiger partial charge in [-0.2, -0.15) is 0 Å². The normalized spacial score (nSPS) is 16.1. The van der Waals surface area contributed by atoms with Crippen LogP contribution in [0.5, 0.6) is 11.5 Å². The molecule has 0 bridgehead atoms. The van der Waals surface area contributed by atoms with Crippen LogP contribution in [0.15, 0.2) is 48.5 Å². The third-order valence-electron chi connectivity index (χ3n) is 4.96. The maximum absolute atomic E-state index is 12.5. The predicted octanol–water partition coefficient (Wildman–Crippen LogP) is 2.81. The van der Waals surface area contributed by atoms with Gasteiger partial charge in [0, 0.05) is 31.3 Å². The lowest BCUT2D eigenvalue weighted by Crippen LogP contribution is -2.33. The number of carbonyl (C=O) groups excluding carboxylic acids is 2. The minimum Gasteiger partial charge on any atom is -0.497 e. The topological polar surface area (TPSA) is 67.9 Å². The minimum atomic E-state index is -0.320. The molecule has 0 spiro atoms. The van der Waals surface area contributed by atoms with Crippen molar-refractivity contribution in [3.8, 4) is 11.5 Å². The number of carbonyl (C=O) groups is 2. The van der Waals surface area contributed by atoms with Gasteiger partial charge in [0.1, 0.15) is 11.5 Å². The van der Waals surface area contributed by atoms with Crippen LogP contribution in [0.2, 0.25) is 0 Å². The van der Waals surface area contributed by atoms with Crippen LogP contribution in [-0.2, 0) is 16.0 Å². The molecule has 2 amide bonds. The number of rotatable bonds is 8. The standard InChI is InChI=1S/C22H26N2O4/c1-27-19-10-8-16(9-11-19)5-4-12-23-22(26)17-13-21(25)24(15-17)18-6-3-7-20(14-18)28-2/h3,6-11,14,17H,4-5,12-13,15H2,1-2H3,(H,23,26). The Hall–Kier alpha value is -3.02. The van der Waals surface area contributed by atoms with E-state index in [0.29, 0.717) is 18.8 Å². The second-order valence-electron chi connectivity index (χ2n) is 6.85. The lowest BCUT2D eigenvalue weighted by Gasteiger charge is -2.17. The molecule has 2 aromatic rings. The van der Waals surface area contributed by atoms with E-state index in [2.05, 4.69) is 5.32 Å². The summed E-state index contributed by atoms with van der Waals surface area (Å²) in [5.74, 6) is 1.11. The SMILES string of the molecule is COc1ccc(CCCNC(=O)C2CC(=O)N(c3cccc(OC)c3)C2)cc1. The number of ether oxygens (including phenoxy) is 2. The van der Waals surface area contributed by atoms with Crippen molar-refractivity contribution in [3.05, 3.63) is 54.1 Å². The Kier molecular flexibility index (Phi) is 6.53. The Morgan fingerprint density at radius 3 is 2.57 bits per heavy atom. The molecule has 148 valence electrons. The van der Waals surface area contributed by atoms with E-state index >= 15 is 0 Å². The molecule has 6 heteroatoms. The van der Waals surface area contributed by atoms with E-state index in [1.54, 1.807) is 19.1 Å². The fraction of sp³-hybridized carbons (Fsp3) is 0.364. The molecule has 0 aromatic heterocycles. The maximum atomic E-state index is 12.5. The third kappa shape index (κ3) is 4.82. The number of nitrogens with one attached hydrogen (secondary N) is 1. The molecule has 28 heavy (non-hydrogen) atoms. The average Bonchev–Trinajstić information content (AvgIpc) is 3.13. The van der Waals surface area contributed by atoms with Crippen molar-refractivity contribution in [1.82, 2.24) is 5.32 Å². The monoisotopic (exact) mass is 382 g/mol. The van der Waals surface area contributed by atoms with Crippen LogP contribution >= 0.6 is 0 Å². The summed E-state index contributed by atoms with van der Waals surface area (Å²) in [5.41, 5.74) is 1.97. The quantitative estimate of drug-likeness (QED) is 0.713. The van der Waals surface area contributed by atoms with Crippen LogP contribution in [-0.4, -0.2) is 39.1 Å². The van der Waals surface area contributed by atoms with Gasteiger partial charge in [0.25, 0.3) is 0 Å². The van der Waals surface area contributed by atoms with Gasteiger partial charge in [0.2, 0.25) is 11.8 Å². The number of anilines is 1. The highest BCUT2D eigenvalue weighted by Crippen LogP contribution is 2.28. The van der Waals surface area contributed by atoms with E-state index in [1.165, 1.54) is 5.56 Å². The van der Waals surface area contributed by atoms with Gasteiger partial charge >= 0.3 is 0 Å². The Labute approximate surface area is 165 Å². The number of nitrogens with zero attached hydrogens (tertiary/aromatic N) is 1. The lowest BCUT2D eigenvalue weighted by molar-refractivity contribution is -0.126. The van der Waals surface area contributed by atoms with Gasteiger partial charge in [-0.15, -0.1) is 0 Å². The fourth-order valence-electron chi connectivity index (χ4n) is 3.35. The highest BCUT2D eigenvalue weighted by atomic mass is 16.5. The Bertz CT molecular complexity index is 820. The second kappa shape index (κ2) is 9.26. The van der Waals surface area contributed by atoms with E-state index in [9.17, 15) is 9.59 Å². The van der Waals surface area contributed by atoms with Crippen LogP contribution in [0.4, 0.5) is 5.69 Å². The van der Waals surface area contributed by atoms with Crippen LogP contribution in [0.1, 0.15) is 18.4 Å². The number of methoxy groups -OCH3 is 2. The van der Waals surface area contributed by atoms with Crippen LogP contribution in [0.25, 0.3) is 0 Å². The molecule has 0 aliphatic carbocycles. The highest BCUT2D eigenvalue weighted by Gasteiger charge is 2.35. The molecule has 0 saturated carbocycles. The van der Waals surface area contributed by atoms with E-state index in [1.807, 2.05) is 48.5 Å². The van der Waals surface area contributed by atoms with Gasteiger partial charge in [-0.3, -0.25) is 9.59 Å². The molecule has 1 aliphatic rings. The molecule has 1 N–H and O–H groups in total. The molecule has 1 saturated heterocycles. The van der Waals surface area contributed by atoms with Crippen molar-refractivity contribution in [3.63, 3.8) is 0 Å². The number of benzene rings is 2. The van der Waals surface area contributed by atoms with Gasteiger partial charge in [0.05, 0.1) is 20.1 Å². The number of amides is 2. The Morgan fingerprint density at radius 1 is 1.11 bits per heavy atom. The molecule has 0 radical (unpaired) electrons.